The Balaban J connectivity index is 0.000000235. The van der Waals surface area contributed by atoms with Gasteiger partial charge in [-0.25, -0.2) is 0 Å². The molecule has 1 unspecified atom stereocenters. The molecule has 120 valence electrons. The van der Waals surface area contributed by atoms with Crippen molar-refractivity contribution in [3.63, 3.8) is 0 Å². The molecule has 2 rings (SSSR count). The van der Waals surface area contributed by atoms with Crippen LogP contribution in [0.1, 0.15) is 18.4 Å². The van der Waals surface area contributed by atoms with E-state index >= 15 is 0 Å². The van der Waals surface area contributed by atoms with Crippen LogP contribution in [0, 0.1) is 0 Å². The molecule has 22 heavy (non-hydrogen) atoms. The second-order valence-corrected chi connectivity index (χ2v) is 4.77. The lowest BCUT2D eigenvalue weighted by atomic mass is 10.2. The first-order valence-electron chi connectivity index (χ1n) is 7.25. The third-order valence-corrected chi connectivity index (χ3v) is 3.29. The maximum absolute atomic E-state index is 10.6. The number of hydrogen-bond donors (Lipinski definition) is 0. The first-order valence-corrected chi connectivity index (χ1v) is 7.25. The molecule has 0 aromatic heterocycles. The number of likely N-dealkylation sites (tertiary alicyclic amines) is 1. The lowest BCUT2D eigenvalue weighted by Gasteiger charge is -2.19. The van der Waals surface area contributed by atoms with Crippen LogP contribution in [0.5, 0.6) is 0 Å². The summed E-state index contributed by atoms with van der Waals surface area (Å²) in [4.78, 5) is 16.3. The number of aliphatic imine (C=N–C) groups is 1. The fourth-order valence-electron chi connectivity index (χ4n) is 2.29. The van der Waals surface area contributed by atoms with Crippen LogP contribution in [0.25, 0.3) is 0 Å². The number of rotatable bonds is 5. The van der Waals surface area contributed by atoms with Crippen LogP contribution in [0.4, 0.5) is 0 Å². The molecule has 5 nitrogen and oxygen atoms in total. The van der Waals surface area contributed by atoms with Gasteiger partial charge in [-0.2, -0.15) is 0 Å². The SMILES string of the molecule is C=COC(=NC)C1CCCN1C=O.COCc1ccccc1. The summed E-state index contributed by atoms with van der Waals surface area (Å²) in [6.45, 7) is 4.96. The van der Waals surface area contributed by atoms with Gasteiger partial charge in [-0.1, -0.05) is 36.9 Å². The highest BCUT2D eigenvalue weighted by Gasteiger charge is 2.28. The molecule has 1 aliphatic heterocycles. The lowest BCUT2D eigenvalue weighted by molar-refractivity contribution is -0.118. The van der Waals surface area contributed by atoms with E-state index in [1.165, 1.54) is 11.8 Å². The van der Waals surface area contributed by atoms with E-state index in [0.29, 0.717) is 12.5 Å². The number of ether oxygens (including phenoxy) is 2. The fraction of sp³-hybridized carbons (Fsp3) is 0.412. The Morgan fingerprint density at radius 3 is 2.73 bits per heavy atom. The Morgan fingerprint density at radius 1 is 1.45 bits per heavy atom. The van der Waals surface area contributed by atoms with Gasteiger partial charge in [-0.05, 0) is 18.4 Å². The predicted octanol–water partition coefficient (Wildman–Crippen LogP) is 2.63. The number of hydrogen-bond acceptors (Lipinski definition) is 4. The molecule has 0 aliphatic carbocycles. The third-order valence-electron chi connectivity index (χ3n) is 3.29. The van der Waals surface area contributed by atoms with Gasteiger partial charge in [-0.15, -0.1) is 0 Å². The standard InChI is InChI=1S/C9H14N2O2.C8H10O/c1-3-13-9(10-2)8-5-4-6-11(8)7-12;1-9-7-8-5-3-2-4-6-8/h3,7-8H,1,4-6H2,2H3;2-6H,7H2,1H3. The van der Waals surface area contributed by atoms with E-state index in [4.69, 9.17) is 9.47 Å². The number of benzene rings is 1. The van der Waals surface area contributed by atoms with Gasteiger partial charge < -0.3 is 14.4 Å². The normalized spacial score (nSPS) is 17.5. The molecule has 0 radical (unpaired) electrons. The van der Waals surface area contributed by atoms with E-state index in [2.05, 4.69) is 11.6 Å². The molecule has 1 amide bonds. The molecule has 1 heterocycles. The van der Waals surface area contributed by atoms with Crippen molar-refractivity contribution < 1.29 is 14.3 Å². The third kappa shape index (κ3) is 5.69. The molecule has 1 atom stereocenters. The molecular formula is C17H24N2O3. The minimum Gasteiger partial charge on any atom is -0.449 e. The zero-order valence-corrected chi connectivity index (χ0v) is 13.3. The van der Waals surface area contributed by atoms with Crippen LogP contribution in [0.2, 0.25) is 0 Å². The molecule has 1 saturated heterocycles. The minimum absolute atomic E-state index is 0.000463. The van der Waals surface area contributed by atoms with E-state index in [9.17, 15) is 4.79 Å². The first kappa shape index (κ1) is 17.9. The van der Waals surface area contributed by atoms with Gasteiger partial charge in [0.1, 0.15) is 6.04 Å². The van der Waals surface area contributed by atoms with E-state index in [1.54, 1.807) is 19.1 Å². The van der Waals surface area contributed by atoms with E-state index in [-0.39, 0.29) is 6.04 Å². The number of carbonyl (C=O) groups excluding carboxylic acids is 1. The van der Waals surface area contributed by atoms with Crippen molar-refractivity contribution >= 4 is 12.3 Å². The van der Waals surface area contributed by atoms with Crippen LogP contribution in [-0.2, 0) is 20.9 Å². The van der Waals surface area contributed by atoms with Gasteiger partial charge >= 0.3 is 0 Å². The molecular weight excluding hydrogens is 280 g/mol. The van der Waals surface area contributed by atoms with Crippen LogP contribution in [0.3, 0.4) is 0 Å². The van der Waals surface area contributed by atoms with E-state index < -0.39 is 0 Å². The van der Waals surface area contributed by atoms with Crippen molar-refractivity contribution in [1.29, 1.82) is 0 Å². The Morgan fingerprint density at radius 2 is 2.18 bits per heavy atom. The summed E-state index contributed by atoms with van der Waals surface area (Å²) in [5.74, 6) is 0.569. The number of nitrogens with zero attached hydrogens (tertiary/aromatic N) is 2. The van der Waals surface area contributed by atoms with Crippen molar-refractivity contribution in [2.24, 2.45) is 4.99 Å². The molecule has 1 aromatic carbocycles. The molecule has 1 aromatic rings. The van der Waals surface area contributed by atoms with Gasteiger partial charge in [0, 0.05) is 20.7 Å². The predicted molar refractivity (Wildman–Crippen MR) is 87.6 cm³/mol. The summed E-state index contributed by atoms with van der Waals surface area (Å²) in [6, 6.07) is 10.1. The largest absolute Gasteiger partial charge is 0.449 e. The maximum atomic E-state index is 10.6. The summed E-state index contributed by atoms with van der Waals surface area (Å²) < 4.78 is 10.0. The molecule has 1 fully saturated rings. The van der Waals surface area contributed by atoms with Crippen LogP contribution in [0.15, 0.2) is 48.2 Å². The van der Waals surface area contributed by atoms with Crippen molar-refractivity contribution in [3.8, 4) is 0 Å². The average molecular weight is 304 g/mol. The zero-order chi connectivity index (χ0) is 16.2. The lowest BCUT2D eigenvalue weighted by Crippen LogP contribution is -2.35. The van der Waals surface area contributed by atoms with Crippen LogP contribution >= 0.6 is 0 Å². The fourth-order valence-corrected chi connectivity index (χ4v) is 2.29. The van der Waals surface area contributed by atoms with E-state index in [0.717, 1.165) is 25.8 Å². The maximum Gasteiger partial charge on any atom is 0.211 e. The van der Waals surface area contributed by atoms with Gasteiger partial charge in [-0.3, -0.25) is 9.79 Å². The van der Waals surface area contributed by atoms with Crippen LogP contribution in [-0.4, -0.2) is 44.0 Å². The number of methoxy groups -OCH3 is 1. The van der Waals surface area contributed by atoms with E-state index in [1.807, 2.05) is 30.3 Å². The summed E-state index contributed by atoms with van der Waals surface area (Å²) in [5.41, 5.74) is 1.22. The summed E-state index contributed by atoms with van der Waals surface area (Å²) >= 11 is 0. The molecule has 0 bridgehead atoms. The number of carbonyl (C=O) groups is 1. The Bertz CT molecular complexity index is 474. The van der Waals surface area contributed by atoms with Crippen molar-refractivity contribution in [1.82, 2.24) is 4.90 Å². The summed E-state index contributed by atoms with van der Waals surface area (Å²) in [7, 11) is 3.35. The summed E-state index contributed by atoms with van der Waals surface area (Å²) in [6.07, 6.45) is 4.10. The zero-order valence-electron chi connectivity index (χ0n) is 13.3. The van der Waals surface area contributed by atoms with Crippen molar-refractivity contribution in [3.05, 3.63) is 48.7 Å². The molecule has 1 aliphatic rings. The monoisotopic (exact) mass is 304 g/mol. The molecule has 0 N–H and O–H groups in total. The Kier molecular flexibility index (Phi) is 8.60. The highest BCUT2D eigenvalue weighted by Crippen LogP contribution is 2.17. The molecule has 5 heteroatoms. The number of amides is 1. The second kappa shape index (κ2) is 10.6. The molecule has 0 saturated carbocycles. The average Bonchev–Trinajstić information content (AvgIpc) is 3.03. The Labute approximate surface area is 132 Å². The second-order valence-electron chi connectivity index (χ2n) is 4.77. The first-order chi connectivity index (χ1) is 10.8. The topological polar surface area (TPSA) is 51.1 Å². The van der Waals surface area contributed by atoms with Gasteiger partial charge in [0.25, 0.3) is 0 Å². The van der Waals surface area contributed by atoms with Crippen molar-refractivity contribution in [2.75, 3.05) is 20.7 Å². The quantitative estimate of drug-likeness (QED) is 0.364. The van der Waals surface area contributed by atoms with Crippen molar-refractivity contribution in [2.45, 2.75) is 25.5 Å². The smallest absolute Gasteiger partial charge is 0.211 e. The summed E-state index contributed by atoms with van der Waals surface area (Å²) in [5, 5.41) is 0. The highest BCUT2D eigenvalue weighted by atomic mass is 16.5. The van der Waals surface area contributed by atoms with Gasteiger partial charge in [0.2, 0.25) is 12.3 Å². The van der Waals surface area contributed by atoms with Gasteiger partial charge in [0.05, 0.1) is 12.9 Å². The van der Waals surface area contributed by atoms with Gasteiger partial charge in [0.15, 0.2) is 0 Å². The Hall–Kier alpha value is -2.14. The minimum atomic E-state index is 0.000463. The molecule has 0 spiro atoms. The highest BCUT2D eigenvalue weighted by molar-refractivity contribution is 5.84. The van der Waals surface area contributed by atoms with Crippen LogP contribution < -0.4 is 0 Å².